The molecule has 0 fully saturated rings. The number of benzene rings is 2. The van der Waals surface area contributed by atoms with Crippen LogP contribution in [0.15, 0.2) is 58.3 Å². The Morgan fingerprint density at radius 3 is 2.82 bits per heavy atom. The number of thiazole rings is 1. The van der Waals surface area contributed by atoms with Gasteiger partial charge in [0.2, 0.25) is 0 Å². The van der Waals surface area contributed by atoms with Crippen molar-refractivity contribution in [1.29, 1.82) is 0 Å². The Morgan fingerprint density at radius 1 is 1.21 bits per heavy atom. The molecule has 4 rings (SSSR count). The maximum absolute atomic E-state index is 13.1. The highest BCUT2D eigenvalue weighted by Gasteiger charge is 2.10. The third-order valence-electron chi connectivity index (χ3n) is 3.81. The van der Waals surface area contributed by atoms with Crippen LogP contribution in [0, 0.1) is 9.77 Å². The largest absolute Gasteiger partial charge is 0.497 e. The molecule has 0 aliphatic rings. The van der Waals surface area contributed by atoms with E-state index in [9.17, 15) is 4.39 Å². The summed E-state index contributed by atoms with van der Waals surface area (Å²) < 4.78 is 21.5. The Kier molecular flexibility index (Phi) is 5.86. The number of rotatable bonds is 6. The zero-order valence-corrected chi connectivity index (χ0v) is 17.9. The first-order valence-electron chi connectivity index (χ1n) is 8.20. The summed E-state index contributed by atoms with van der Waals surface area (Å²) in [5.41, 5.74) is 2.78. The van der Waals surface area contributed by atoms with E-state index in [1.807, 2.05) is 24.3 Å². The molecule has 0 saturated carbocycles. The van der Waals surface area contributed by atoms with Gasteiger partial charge in [-0.05, 0) is 48.6 Å². The van der Waals surface area contributed by atoms with E-state index in [1.54, 1.807) is 47.0 Å². The molecule has 0 atom stereocenters. The van der Waals surface area contributed by atoms with Crippen LogP contribution in [0.3, 0.4) is 0 Å². The molecular formula is C19H14FN3OS4. The van der Waals surface area contributed by atoms with Gasteiger partial charge < -0.3 is 4.74 Å². The molecule has 2 aromatic carbocycles. The first kappa shape index (κ1) is 19.3. The van der Waals surface area contributed by atoms with Gasteiger partial charge in [0.05, 0.1) is 18.5 Å². The van der Waals surface area contributed by atoms with Gasteiger partial charge in [-0.3, -0.25) is 0 Å². The molecule has 0 spiro atoms. The Balaban J connectivity index is 1.47. The standard InChI is InChI=1S/C19H14FN3OS4/c1-24-16-4-2-3-12(9-16)17-21-14(10-26-17)11-27-18-22-23(19(25)28-18)15-7-5-13(20)6-8-15/h2-10H,11H2,1H3. The van der Waals surface area contributed by atoms with E-state index in [-0.39, 0.29) is 5.82 Å². The van der Waals surface area contributed by atoms with Crippen molar-refractivity contribution in [2.24, 2.45) is 0 Å². The van der Waals surface area contributed by atoms with Gasteiger partial charge in [-0.15, -0.1) is 16.4 Å². The van der Waals surface area contributed by atoms with Gasteiger partial charge in [-0.25, -0.2) is 14.1 Å². The van der Waals surface area contributed by atoms with Gasteiger partial charge in [0.25, 0.3) is 0 Å². The van der Waals surface area contributed by atoms with Crippen LogP contribution in [0.5, 0.6) is 5.75 Å². The molecule has 0 aliphatic heterocycles. The maximum Gasteiger partial charge on any atom is 0.184 e. The summed E-state index contributed by atoms with van der Waals surface area (Å²) in [5.74, 6) is 1.23. The number of thioether (sulfide) groups is 1. The minimum atomic E-state index is -0.282. The van der Waals surface area contributed by atoms with Crippen molar-refractivity contribution in [3.63, 3.8) is 0 Å². The molecule has 28 heavy (non-hydrogen) atoms. The SMILES string of the molecule is COc1cccc(-c2nc(CSc3nn(-c4ccc(F)cc4)c(=S)s3)cs2)c1. The van der Waals surface area contributed by atoms with Crippen molar-refractivity contribution >= 4 is 46.7 Å². The van der Waals surface area contributed by atoms with Crippen LogP contribution in [-0.2, 0) is 5.75 Å². The van der Waals surface area contributed by atoms with Crippen LogP contribution >= 0.6 is 46.7 Å². The number of hydrogen-bond donors (Lipinski definition) is 0. The Morgan fingerprint density at radius 2 is 2.04 bits per heavy atom. The number of nitrogens with zero attached hydrogens (tertiary/aromatic N) is 3. The average Bonchev–Trinajstić information content (AvgIpc) is 3.34. The highest BCUT2D eigenvalue weighted by molar-refractivity contribution is 8.00. The lowest BCUT2D eigenvalue weighted by Crippen LogP contribution is -1.96. The van der Waals surface area contributed by atoms with Crippen molar-refractivity contribution < 1.29 is 9.13 Å². The fourth-order valence-electron chi connectivity index (χ4n) is 2.46. The molecule has 2 heterocycles. The highest BCUT2D eigenvalue weighted by Crippen LogP contribution is 2.31. The molecule has 0 bridgehead atoms. The zero-order chi connectivity index (χ0) is 19.5. The average molecular weight is 448 g/mol. The summed E-state index contributed by atoms with van der Waals surface area (Å²) in [7, 11) is 1.66. The fraction of sp³-hybridized carbons (Fsp3) is 0.105. The third kappa shape index (κ3) is 4.33. The summed E-state index contributed by atoms with van der Waals surface area (Å²) in [6.45, 7) is 0. The smallest absolute Gasteiger partial charge is 0.184 e. The summed E-state index contributed by atoms with van der Waals surface area (Å²) in [6.07, 6.45) is 0. The summed E-state index contributed by atoms with van der Waals surface area (Å²) in [5, 5.41) is 7.55. The van der Waals surface area contributed by atoms with Crippen LogP contribution in [0.1, 0.15) is 5.69 Å². The number of methoxy groups -OCH3 is 1. The number of hydrogen-bond acceptors (Lipinski definition) is 7. The van der Waals surface area contributed by atoms with E-state index in [0.29, 0.717) is 9.71 Å². The molecule has 0 saturated heterocycles. The summed E-state index contributed by atoms with van der Waals surface area (Å²) in [6, 6.07) is 14.0. The highest BCUT2D eigenvalue weighted by atomic mass is 32.2. The lowest BCUT2D eigenvalue weighted by Gasteiger charge is -2.01. The maximum atomic E-state index is 13.1. The van der Waals surface area contributed by atoms with Crippen molar-refractivity contribution in [3.05, 3.63) is 69.4 Å². The normalized spacial score (nSPS) is 10.9. The second-order valence-corrected chi connectivity index (χ2v) is 9.39. The lowest BCUT2D eigenvalue weighted by atomic mass is 10.2. The molecule has 0 amide bonds. The summed E-state index contributed by atoms with van der Waals surface area (Å²) >= 11 is 10.0. The molecule has 4 aromatic rings. The molecular weight excluding hydrogens is 433 g/mol. The molecule has 142 valence electrons. The van der Waals surface area contributed by atoms with E-state index < -0.39 is 0 Å². The molecule has 0 aliphatic carbocycles. The summed E-state index contributed by atoms with van der Waals surface area (Å²) in [4.78, 5) is 4.71. The van der Waals surface area contributed by atoms with Gasteiger partial charge >= 0.3 is 0 Å². The zero-order valence-electron chi connectivity index (χ0n) is 14.7. The van der Waals surface area contributed by atoms with Crippen molar-refractivity contribution in [3.8, 4) is 22.0 Å². The van der Waals surface area contributed by atoms with E-state index in [1.165, 1.54) is 23.5 Å². The predicted octanol–water partition coefficient (Wildman–Crippen LogP) is 6.23. The lowest BCUT2D eigenvalue weighted by molar-refractivity contribution is 0.415. The number of ether oxygens (including phenoxy) is 1. The monoisotopic (exact) mass is 447 g/mol. The first-order chi connectivity index (χ1) is 13.6. The van der Waals surface area contributed by atoms with Crippen LogP contribution in [0.25, 0.3) is 16.3 Å². The Hall–Kier alpha value is -2.07. The number of halogens is 1. The molecule has 9 heteroatoms. The van der Waals surface area contributed by atoms with Crippen LogP contribution in [0.2, 0.25) is 0 Å². The van der Waals surface area contributed by atoms with E-state index in [0.717, 1.165) is 32.0 Å². The van der Waals surface area contributed by atoms with Crippen LogP contribution < -0.4 is 4.74 Å². The van der Waals surface area contributed by atoms with E-state index in [2.05, 4.69) is 10.5 Å². The van der Waals surface area contributed by atoms with Crippen molar-refractivity contribution in [2.75, 3.05) is 7.11 Å². The van der Waals surface area contributed by atoms with Gasteiger partial charge in [0.15, 0.2) is 8.29 Å². The van der Waals surface area contributed by atoms with Crippen LogP contribution in [0.4, 0.5) is 4.39 Å². The molecule has 0 radical (unpaired) electrons. The Labute approximate surface area is 178 Å². The number of aromatic nitrogens is 3. The van der Waals surface area contributed by atoms with Crippen molar-refractivity contribution in [2.45, 2.75) is 10.1 Å². The quantitative estimate of drug-likeness (QED) is 0.259. The van der Waals surface area contributed by atoms with Crippen LogP contribution in [-0.4, -0.2) is 21.9 Å². The second kappa shape index (κ2) is 8.52. The molecule has 0 N–H and O–H groups in total. The minimum absolute atomic E-state index is 0.282. The van der Waals surface area contributed by atoms with E-state index in [4.69, 9.17) is 21.9 Å². The first-order valence-corrected chi connectivity index (χ1v) is 11.3. The topological polar surface area (TPSA) is 39.9 Å². The fourth-order valence-corrected chi connectivity index (χ4v) is 5.64. The van der Waals surface area contributed by atoms with Gasteiger partial charge in [0.1, 0.15) is 16.6 Å². The van der Waals surface area contributed by atoms with Gasteiger partial charge in [0, 0.05) is 16.7 Å². The van der Waals surface area contributed by atoms with E-state index >= 15 is 0 Å². The van der Waals surface area contributed by atoms with Crippen molar-refractivity contribution in [1.82, 2.24) is 14.8 Å². The molecule has 2 aromatic heterocycles. The minimum Gasteiger partial charge on any atom is -0.497 e. The predicted molar refractivity (Wildman–Crippen MR) is 116 cm³/mol. The van der Waals surface area contributed by atoms with Gasteiger partial charge in [-0.1, -0.05) is 35.2 Å². The van der Waals surface area contributed by atoms with Gasteiger partial charge in [-0.2, -0.15) is 0 Å². The third-order valence-corrected chi connectivity index (χ3v) is 7.15. The molecule has 0 unspecified atom stereocenters. The Bertz CT molecular complexity index is 1150. The second-order valence-electron chi connectivity index (χ2n) is 5.69. The molecule has 4 nitrogen and oxygen atoms in total.